The van der Waals surface area contributed by atoms with Gasteiger partial charge in [-0.15, -0.1) is 0 Å². The topological polar surface area (TPSA) is 95.2 Å². The van der Waals surface area contributed by atoms with Crippen LogP contribution in [0, 0.1) is 11.3 Å². The first-order valence-electron chi connectivity index (χ1n) is 4.26. The Morgan fingerprint density at radius 1 is 1.43 bits per heavy atom. The Bertz CT molecular complexity index is 341. The molecule has 14 heavy (non-hydrogen) atoms. The van der Waals surface area contributed by atoms with Crippen LogP contribution in [0.15, 0.2) is 0 Å². The van der Waals surface area contributed by atoms with Crippen LogP contribution in [-0.2, 0) is 14.6 Å². The lowest BCUT2D eigenvalue weighted by molar-refractivity contribution is -0.136. The van der Waals surface area contributed by atoms with Gasteiger partial charge in [0.15, 0.2) is 15.1 Å². The zero-order valence-electron chi connectivity index (χ0n) is 8.10. The molecule has 0 amide bonds. The Labute approximate surface area is 83.3 Å². The fourth-order valence-electron chi connectivity index (χ4n) is 1.14. The summed E-state index contributed by atoms with van der Waals surface area (Å²) < 4.78 is 23.1. The lowest BCUT2D eigenvalue weighted by Crippen LogP contribution is -2.36. The minimum atomic E-state index is -3.87. The summed E-state index contributed by atoms with van der Waals surface area (Å²) in [6.07, 6.45) is 0.0957. The van der Waals surface area contributed by atoms with E-state index in [1.165, 1.54) is 6.92 Å². The Morgan fingerprint density at radius 3 is 2.14 bits per heavy atom. The number of nitriles is 1. The highest BCUT2D eigenvalue weighted by Gasteiger charge is 2.36. The fourth-order valence-corrected chi connectivity index (χ4v) is 2.90. The van der Waals surface area contributed by atoms with Gasteiger partial charge in [-0.25, -0.2) is 8.42 Å². The van der Waals surface area contributed by atoms with E-state index >= 15 is 0 Å². The molecule has 0 aliphatic heterocycles. The van der Waals surface area contributed by atoms with Gasteiger partial charge in [-0.05, 0) is 12.8 Å². The van der Waals surface area contributed by atoms with Gasteiger partial charge in [0.1, 0.15) is 5.25 Å². The van der Waals surface area contributed by atoms with Gasteiger partial charge >= 0.3 is 5.97 Å². The maximum absolute atomic E-state index is 11.6. The van der Waals surface area contributed by atoms with E-state index in [1.807, 2.05) is 0 Å². The molecule has 0 radical (unpaired) electrons. The van der Waals surface area contributed by atoms with E-state index in [2.05, 4.69) is 0 Å². The maximum Gasteiger partial charge on any atom is 0.321 e. The van der Waals surface area contributed by atoms with Crippen molar-refractivity contribution in [3.8, 4) is 6.07 Å². The van der Waals surface area contributed by atoms with Crippen LogP contribution < -0.4 is 0 Å². The number of sulfone groups is 1. The molecule has 0 aromatic carbocycles. The molecule has 0 heterocycles. The zero-order valence-corrected chi connectivity index (χ0v) is 8.91. The van der Waals surface area contributed by atoms with Gasteiger partial charge in [-0.3, -0.25) is 4.79 Å². The average molecular weight is 219 g/mol. The minimum Gasteiger partial charge on any atom is -0.480 e. The highest BCUT2D eigenvalue weighted by molar-refractivity contribution is 7.93. The third kappa shape index (κ3) is 2.45. The average Bonchev–Trinajstić information content (AvgIpc) is 2.05. The molecule has 2 atom stereocenters. The van der Waals surface area contributed by atoms with Gasteiger partial charge in [0.25, 0.3) is 0 Å². The van der Waals surface area contributed by atoms with E-state index in [0.717, 1.165) is 0 Å². The van der Waals surface area contributed by atoms with Gasteiger partial charge < -0.3 is 5.11 Å². The predicted molar refractivity (Wildman–Crippen MR) is 50.3 cm³/mol. The molecule has 0 saturated heterocycles. The second-order valence-corrected chi connectivity index (χ2v) is 5.17. The number of carboxylic acid groups (broad SMARTS) is 1. The molecule has 80 valence electrons. The predicted octanol–water partition coefficient (Wildman–Crippen LogP) is 0.567. The Balaban J connectivity index is 5.13. The molecule has 0 aromatic rings. The van der Waals surface area contributed by atoms with E-state index < -0.39 is 26.3 Å². The number of rotatable bonds is 5. The van der Waals surface area contributed by atoms with E-state index in [9.17, 15) is 13.2 Å². The third-order valence-electron chi connectivity index (χ3n) is 1.95. The van der Waals surface area contributed by atoms with Gasteiger partial charge in [0.2, 0.25) is 0 Å². The molecule has 2 unspecified atom stereocenters. The van der Waals surface area contributed by atoms with Crippen LogP contribution in [0.5, 0.6) is 0 Å². The van der Waals surface area contributed by atoms with E-state index in [0.29, 0.717) is 0 Å². The summed E-state index contributed by atoms with van der Waals surface area (Å²) in [6.45, 7) is 3.01. The second kappa shape index (κ2) is 4.96. The molecule has 0 rings (SSSR count). The Kier molecular flexibility index (Phi) is 4.57. The summed E-state index contributed by atoms with van der Waals surface area (Å²) in [6, 6.07) is 1.61. The van der Waals surface area contributed by atoms with Crippen molar-refractivity contribution in [3.63, 3.8) is 0 Å². The van der Waals surface area contributed by atoms with Crippen LogP contribution >= 0.6 is 0 Å². The van der Waals surface area contributed by atoms with Gasteiger partial charge in [-0.1, -0.05) is 13.8 Å². The number of aliphatic carboxylic acids is 1. The monoisotopic (exact) mass is 219 g/mol. The first kappa shape index (κ1) is 12.9. The van der Waals surface area contributed by atoms with Gasteiger partial charge in [0, 0.05) is 0 Å². The zero-order chi connectivity index (χ0) is 11.4. The second-order valence-electron chi connectivity index (χ2n) is 2.85. The third-order valence-corrected chi connectivity index (χ3v) is 4.51. The molecular formula is C8H13NO4S. The summed E-state index contributed by atoms with van der Waals surface area (Å²) in [7, 11) is -3.87. The van der Waals surface area contributed by atoms with E-state index in [-0.39, 0.29) is 12.8 Å². The summed E-state index contributed by atoms with van der Waals surface area (Å²) in [5.41, 5.74) is 0. The Morgan fingerprint density at radius 2 is 1.93 bits per heavy atom. The largest absolute Gasteiger partial charge is 0.480 e. The molecule has 0 aliphatic rings. The number of hydrogen-bond donors (Lipinski definition) is 1. The summed E-state index contributed by atoms with van der Waals surface area (Å²) in [5.74, 6) is -1.39. The van der Waals surface area contributed by atoms with Crippen LogP contribution in [0.3, 0.4) is 0 Å². The van der Waals surface area contributed by atoms with Crippen LogP contribution in [0.1, 0.15) is 26.7 Å². The lowest BCUT2D eigenvalue weighted by atomic mass is 10.3. The van der Waals surface area contributed by atoms with Crippen molar-refractivity contribution in [2.24, 2.45) is 0 Å². The van der Waals surface area contributed by atoms with Gasteiger partial charge in [0.05, 0.1) is 6.07 Å². The van der Waals surface area contributed by atoms with E-state index in [1.54, 1.807) is 13.0 Å². The molecule has 0 spiro atoms. The lowest BCUT2D eigenvalue weighted by Gasteiger charge is -2.14. The van der Waals surface area contributed by atoms with Crippen LogP contribution in [0.2, 0.25) is 0 Å². The molecule has 0 aliphatic carbocycles. The van der Waals surface area contributed by atoms with E-state index in [4.69, 9.17) is 10.4 Å². The summed E-state index contributed by atoms with van der Waals surface area (Å²) in [4.78, 5) is 10.6. The standard InChI is InChI=1S/C8H13NO4S/c1-3-6(5-9)14(12,13)7(4-2)8(10)11/h6-7H,3-4H2,1-2H3,(H,10,11). The molecule has 0 aromatic heterocycles. The smallest absolute Gasteiger partial charge is 0.321 e. The molecule has 0 bridgehead atoms. The fraction of sp³-hybridized carbons (Fsp3) is 0.750. The van der Waals surface area contributed by atoms with Crippen molar-refractivity contribution in [1.29, 1.82) is 5.26 Å². The summed E-state index contributed by atoms with van der Waals surface area (Å²) >= 11 is 0. The van der Waals surface area contributed by atoms with Crippen molar-refractivity contribution in [2.75, 3.05) is 0 Å². The molecule has 1 N–H and O–H groups in total. The SMILES string of the molecule is CCC(C#N)S(=O)(=O)C(CC)C(=O)O. The molecule has 0 saturated carbocycles. The van der Waals surface area contributed by atoms with Crippen molar-refractivity contribution in [2.45, 2.75) is 37.2 Å². The van der Waals surface area contributed by atoms with Crippen LogP contribution in [0.4, 0.5) is 0 Å². The number of nitrogens with zero attached hydrogens (tertiary/aromatic N) is 1. The van der Waals surface area contributed by atoms with Crippen LogP contribution in [-0.4, -0.2) is 30.0 Å². The number of carbonyl (C=O) groups is 1. The maximum atomic E-state index is 11.6. The minimum absolute atomic E-state index is 0.0180. The molecule has 5 nitrogen and oxygen atoms in total. The summed E-state index contributed by atoms with van der Waals surface area (Å²) in [5, 5.41) is 14.5. The van der Waals surface area contributed by atoms with Crippen molar-refractivity contribution in [3.05, 3.63) is 0 Å². The Hall–Kier alpha value is -1.09. The molecular weight excluding hydrogens is 206 g/mol. The van der Waals surface area contributed by atoms with Crippen LogP contribution in [0.25, 0.3) is 0 Å². The first-order valence-corrected chi connectivity index (χ1v) is 5.87. The number of hydrogen-bond acceptors (Lipinski definition) is 4. The van der Waals surface area contributed by atoms with Gasteiger partial charge in [-0.2, -0.15) is 5.26 Å². The quantitative estimate of drug-likeness (QED) is 0.729. The molecule has 6 heteroatoms. The van der Waals surface area contributed by atoms with Crippen molar-refractivity contribution >= 4 is 15.8 Å². The van der Waals surface area contributed by atoms with Crippen molar-refractivity contribution in [1.82, 2.24) is 0 Å². The van der Waals surface area contributed by atoms with Crippen molar-refractivity contribution < 1.29 is 18.3 Å². The molecule has 0 fully saturated rings. The normalized spacial score (nSPS) is 15.5. The highest BCUT2D eigenvalue weighted by Crippen LogP contribution is 2.15. The number of carboxylic acids is 1. The highest BCUT2D eigenvalue weighted by atomic mass is 32.2. The first-order chi connectivity index (χ1) is 6.41.